The number of hydrogen-bond acceptors (Lipinski definition) is 5. The Morgan fingerprint density at radius 1 is 1.13 bits per heavy atom. The maximum absolute atomic E-state index is 13.9. The minimum absolute atomic E-state index is 0.0299. The molecule has 0 amide bonds. The van der Waals surface area contributed by atoms with Crippen molar-refractivity contribution in [1.82, 2.24) is 0 Å². The Kier molecular flexibility index (Phi) is 5.20. The molecule has 3 aromatic rings. The topological polar surface area (TPSA) is 91.7 Å². The van der Waals surface area contributed by atoms with Crippen molar-refractivity contribution >= 4 is 34.4 Å². The number of hydrogen-bond donors (Lipinski definition) is 1. The summed E-state index contributed by atoms with van der Waals surface area (Å²) in [5, 5.41) is 32.7. The van der Waals surface area contributed by atoms with Crippen molar-refractivity contribution in [2.24, 2.45) is 0 Å². The summed E-state index contributed by atoms with van der Waals surface area (Å²) in [5.41, 5.74) is 1.21. The molecule has 0 saturated carbocycles. The summed E-state index contributed by atoms with van der Waals surface area (Å²) in [4.78, 5) is -0.488. The number of halogens is 2. The summed E-state index contributed by atoms with van der Waals surface area (Å²) in [6.45, 7) is -0.0640. The third-order valence-corrected chi connectivity index (χ3v) is 4.86. The van der Waals surface area contributed by atoms with E-state index < -0.39 is 10.7 Å². The first-order chi connectivity index (χ1) is 14.4. The highest BCUT2D eigenvalue weighted by molar-refractivity contribution is 6.31. The fraction of sp³-hybridized carbons (Fsp3) is 0.0455. The standard InChI is InChI=1S/C22H14ClFNO5/c23-18-2-1-3-19(24)17(18)12-29-15-8-9-16-20(11-15)30-21(22(16)26)10-13-4-6-14(7-5-13)25(27)28/h1-11H,12H2,(H-,26,27,28)/q-1. The molecule has 0 bridgehead atoms. The molecule has 0 fully saturated rings. The maximum Gasteiger partial charge on any atom is 0.222 e. The number of rotatable bonds is 4. The first-order valence-electron chi connectivity index (χ1n) is 8.83. The average molecular weight is 427 g/mol. The molecule has 30 heavy (non-hydrogen) atoms. The van der Waals surface area contributed by atoms with E-state index in [4.69, 9.17) is 20.8 Å². The van der Waals surface area contributed by atoms with Crippen LogP contribution in [0.4, 0.5) is 4.39 Å². The molecule has 1 aromatic heterocycles. The minimum atomic E-state index is -0.488. The highest BCUT2D eigenvalue weighted by Gasteiger charge is 2.14. The quantitative estimate of drug-likeness (QED) is 0.441. The van der Waals surface area contributed by atoms with Crippen molar-refractivity contribution in [2.75, 3.05) is 0 Å². The van der Waals surface area contributed by atoms with Gasteiger partial charge in [-0.15, -0.1) is 0 Å². The van der Waals surface area contributed by atoms with Crippen LogP contribution >= 0.6 is 11.6 Å². The van der Waals surface area contributed by atoms with Crippen LogP contribution in [0.3, 0.4) is 0 Å². The van der Waals surface area contributed by atoms with Gasteiger partial charge in [0, 0.05) is 23.8 Å². The second kappa shape index (κ2) is 7.96. The van der Waals surface area contributed by atoms with Gasteiger partial charge < -0.3 is 24.7 Å². The number of benzene rings is 2. The van der Waals surface area contributed by atoms with Crippen molar-refractivity contribution in [3.05, 3.63) is 98.9 Å². The van der Waals surface area contributed by atoms with Gasteiger partial charge in [0.2, 0.25) is 5.71 Å². The van der Waals surface area contributed by atoms with E-state index in [1.165, 1.54) is 24.3 Å². The van der Waals surface area contributed by atoms with Crippen LogP contribution in [-0.4, -0.2) is 15.7 Å². The van der Waals surface area contributed by atoms with Crippen molar-refractivity contribution in [3.63, 3.8) is 0 Å². The third kappa shape index (κ3) is 3.88. The van der Waals surface area contributed by atoms with Crippen molar-refractivity contribution in [3.8, 4) is 11.5 Å². The molecule has 8 heteroatoms. The lowest BCUT2D eigenvalue weighted by molar-refractivity contribution is -0.377. The Hall–Kier alpha value is -3.71. The zero-order chi connectivity index (χ0) is 21.3. The predicted molar refractivity (Wildman–Crippen MR) is 112 cm³/mol. The van der Waals surface area contributed by atoms with Gasteiger partial charge in [0.25, 0.3) is 0 Å². The van der Waals surface area contributed by atoms with Gasteiger partial charge in [-0.2, -0.15) is 4.90 Å². The lowest BCUT2D eigenvalue weighted by atomic mass is 10.1. The molecule has 0 saturated heterocycles. The lowest BCUT2D eigenvalue weighted by Crippen LogP contribution is -2.06. The smallest absolute Gasteiger partial charge is 0.222 e. The lowest BCUT2D eigenvalue weighted by Gasteiger charge is -2.08. The SMILES string of the molecule is [O-][N+]([O-])=C1C=CC(=Cc2oc3cc(OCc4c(F)cccc4Cl)ccc3c2O)C=C1. The fourth-order valence-corrected chi connectivity index (χ4v) is 3.16. The Morgan fingerprint density at radius 3 is 2.60 bits per heavy atom. The summed E-state index contributed by atoms with van der Waals surface area (Å²) >= 11 is 6.01. The first kappa shape index (κ1) is 19.6. The second-order valence-electron chi connectivity index (χ2n) is 6.45. The van der Waals surface area contributed by atoms with Crippen LogP contribution in [0.5, 0.6) is 11.5 Å². The highest BCUT2D eigenvalue weighted by Crippen LogP contribution is 2.36. The summed E-state index contributed by atoms with van der Waals surface area (Å²) in [7, 11) is 0. The van der Waals surface area contributed by atoms with Gasteiger partial charge in [0.05, 0.1) is 10.4 Å². The number of nitrogens with zero attached hydrogens (tertiary/aromatic N) is 1. The van der Waals surface area contributed by atoms with Gasteiger partial charge in [-0.25, -0.2) is 4.39 Å². The Balaban J connectivity index is 1.58. The van der Waals surface area contributed by atoms with E-state index in [1.807, 2.05) is 0 Å². The molecule has 1 N–H and O–H groups in total. The highest BCUT2D eigenvalue weighted by atomic mass is 35.5. The molecule has 0 spiro atoms. The van der Waals surface area contributed by atoms with Crippen molar-refractivity contribution in [2.45, 2.75) is 6.61 Å². The number of allylic oxidation sites excluding steroid dienone is 5. The predicted octanol–water partition coefficient (Wildman–Crippen LogP) is 5.47. The van der Waals surface area contributed by atoms with E-state index in [0.717, 1.165) is 0 Å². The molecule has 6 nitrogen and oxygen atoms in total. The molecule has 0 unspecified atom stereocenters. The molecule has 4 rings (SSSR count). The van der Waals surface area contributed by atoms with Gasteiger partial charge in [0.15, 0.2) is 11.5 Å². The second-order valence-corrected chi connectivity index (χ2v) is 6.86. The van der Waals surface area contributed by atoms with E-state index in [2.05, 4.69) is 0 Å². The molecule has 1 aliphatic rings. The molecule has 1 aliphatic carbocycles. The van der Waals surface area contributed by atoms with E-state index in [1.54, 1.807) is 42.5 Å². The first-order valence-corrected chi connectivity index (χ1v) is 9.20. The molecule has 0 atom stereocenters. The van der Waals surface area contributed by atoms with Crippen LogP contribution in [0, 0.1) is 16.2 Å². The van der Waals surface area contributed by atoms with Gasteiger partial charge >= 0.3 is 0 Å². The van der Waals surface area contributed by atoms with Crippen LogP contribution in [0.25, 0.3) is 17.0 Å². The largest absolute Gasteiger partial charge is 0.612 e. The van der Waals surface area contributed by atoms with Crippen LogP contribution in [0.2, 0.25) is 5.02 Å². The molecule has 0 radical (unpaired) electrons. The molecule has 2 aromatic carbocycles. The average Bonchev–Trinajstić information content (AvgIpc) is 3.03. The van der Waals surface area contributed by atoms with Gasteiger partial charge in [-0.3, -0.25) is 0 Å². The van der Waals surface area contributed by atoms with Crippen LogP contribution < -0.4 is 4.74 Å². The molecule has 152 valence electrons. The van der Waals surface area contributed by atoms with Crippen LogP contribution in [0.15, 0.2) is 70.7 Å². The van der Waals surface area contributed by atoms with E-state index in [-0.39, 0.29) is 34.4 Å². The summed E-state index contributed by atoms with van der Waals surface area (Å²) < 4.78 is 25.2. The summed E-state index contributed by atoms with van der Waals surface area (Å²) in [6.07, 6.45) is 7.41. The van der Waals surface area contributed by atoms with Gasteiger partial charge in [0.1, 0.15) is 23.8 Å². The number of ether oxygens (including phenoxy) is 1. The molecule has 0 aliphatic heterocycles. The van der Waals surface area contributed by atoms with E-state index in [9.17, 15) is 19.9 Å². The van der Waals surface area contributed by atoms with Crippen molar-refractivity contribution in [1.29, 1.82) is 0 Å². The molecular formula is C22H14ClFNO5-. The molecular weight excluding hydrogens is 413 g/mol. The Bertz CT molecular complexity index is 1210. The zero-order valence-corrected chi connectivity index (χ0v) is 16.1. The van der Waals surface area contributed by atoms with Gasteiger partial charge in [-0.05, 0) is 48.1 Å². The van der Waals surface area contributed by atoms with Gasteiger partial charge in [-0.1, -0.05) is 17.7 Å². The molecule has 1 heterocycles. The van der Waals surface area contributed by atoms with E-state index >= 15 is 0 Å². The summed E-state index contributed by atoms with van der Waals surface area (Å²) in [5.74, 6) is 0.0943. The Labute approximate surface area is 175 Å². The van der Waals surface area contributed by atoms with Crippen LogP contribution in [-0.2, 0) is 6.61 Å². The van der Waals surface area contributed by atoms with E-state index in [0.29, 0.717) is 22.3 Å². The summed E-state index contributed by atoms with van der Waals surface area (Å²) in [6, 6.07) is 9.23. The maximum atomic E-state index is 13.9. The fourth-order valence-electron chi connectivity index (χ4n) is 2.94. The van der Waals surface area contributed by atoms with Crippen molar-refractivity contribution < 1.29 is 23.6 Å². The Morgan fingerprint density at radius 2 is 1.90 bits per heavy atom. The normalized spacial score (nSPS) is 13.1. The third-order valence-electron chi connectivity index (χ3n) is 4.51. The minimum Gasteiger partial charge on any atom is -0.612 e. The zero-order valence-electron chi connectivity index (χ0n) is 15.3. The number of aromatic hydroxyl groups is 1. The van der Waals surface area contributed by atoms with Crippen LogP contribution in [0.1, 0.15) is 11.3 Å². The number of furan rings is 1. The number of fused-ring (bicyclic) bond motifs is 1. The monoisotopic (exact) mass is 426 g/mol.